The summed E-state index contributed by atoms with van der Waals surface area (Å²) in [6, 6.07) is 8.48. The van der Waals surface area contributed by atoms with Crippen LogP contribution in [0.5, 0.6) is 0 Å². The Morgan fingerprint density at radius 1 is 1.10 bits per heavy atom. The summed E-state index contributed by atoms with van der Waals surface area (Å²) in [6.07, 6.45) is 5.76. The van der Waals surface area contributed by atoms with Crippen molar-refractivity contribution in [2.45, 2.75) is 32.7 Å². The van der Waals surface area contributed by atoms with E-state index in [1.54, 1.807) is 6.20 Å². The molecule has 0 aliphatic carbocycles. The number of piperidine rings is 1. The van der Waals surface area contributed by atoms with Gasteiger partial charge in [0.2, 0.25) is 11.9 Å². The number of hydrogen-bond donors (Lipinski definition) is 3. The molecular formula is C22H33N7O. The van der Waals surface area contributed by atoms with E-state index in [1.807, 2.05) is 19.0 Å². The van der Waals surface area contributed by atoms with Crippen LogP contribution in [0.1, 0.15) is 31.7 Å². The molecule has 0 radical (unpaired) electrons. The fraction of sp³-hybridized carbons (Fsp3) is 0.500. The zero-order valence-corrected chi connectivity index (χ0v) is 18.2. The number of nitrogens with one attached hydrogen (secondary N) is 3. The Morgan fingerprint density at radius 2 is 1.83 bits per heavy atom. The molecule has 30 heavy (non-hydrogen) atoms. The van der Waals surface area contributed by atoms with Crippen LogP contribution < -0.4 is 20.9 Å². The van der Waals surface area contributed by atoms with Gasteiger partial charge in [-0.1, -0.05) is 18.6 Å². The SMILES string of the molecule is CC(=O)NCCNc1nc(Nc2ccc(CN3CCCCC3)cc2)ncc1N(C)C. The Labute approximate surface area is 179 Å². The summed E-state index contributed by atoms with van der Waals surface area (Å²) in [7, 11) is 3.90. The number of benzene rings is 1. The Kier molecular flexibility index (Phi) is 7.84. The lowest BCUT2D eigenvalue weighted by Crippen LogP contribution is -2.29. The van der Waals surface area contributed by atoms with E-state index >= 15 is 0 Å². The molecule has 0 unspecified atom stereocenters. The third-order valence-electron chi connectivity index (χ3n) is 5.11. The molecule has 1 amide bonds. The second kappa shape index (κ2) is 10.8. The second-order valence-corrected chi connectivity index (χ2v) is 7.89. The Morgan fingerprint density at radius 3 is 2.50 bits per heavy atom. The largest absolute Gasteiger partial charge is 0.373 e. The van der Waals surface area contributed by atoms with E-state index in [0.717, 1.165) is 23.7 Å². The van der Waals surface area contributed by atoms with Gasteiger partial charge in [0.25, 0.3) is 0 Å². The lowest BCUT2D eigenvalue weighted by atomic mass is 10.1. The molecule has 1 aliphatic rings. The smallest absolute Gasteiger partial charge is 0.229 e. The summed E-state index contributed by atoms with van der Waals surface area (Å²) in [6.45, 7) is 6.04. The van der Waals surface area contributed by atoms with Crippen molar-refractivity contribution in [3.63, 3.8) is 0 Å². The minimum atomic E-state index is -0.0431. The molecule has 8 heteroatoms. The van der Waals surface area contributed by atoms with Gasteiger partial charge in [0.1, 0.15) is 0 Å². The first-order chi connectivity index (χ1) is 14.5. The molecule has 0 atom stereocenters. The van der Waals surface area contributed by atoms with E-state index in [1.165, 1.54) is 44.8 Å². The predicted molar refractivity (Wildman–Crippen MR) is 122 cm³/mol. The number of carbonyl (C=O) groups excluding carboxylic acids is 1. The van der Waals surface area contributed by atoms with Gasteiger partial charge in [-0.25, -0.2) is 4.98 Å². The lowest BCUT2D eigenvalue weighted by Gasteiger charge is -2.26. The van der Waals surface area contributed by atoms with E-state index < -0.39 is 0 Å². The van der Waals surface area contributed by atoms with Crippen LogP contribution in [0.25, 0.3) is 0 Å². The first-order valence-electron chi connectivity index (χ1n) is 10.6. The van der Waals surface area contributed by atoms with Crippen LogP contribution in [0.4, 0.5) is 23.1 Å². The molecule has 1 aliphatic heterocycles. The number of amides is 1. The molecule has 2 heterocycles. The van der Waals surface area contributed by atoms with Crippen LogP contribution in [-0.2, 0) is 11.3 Å². The van der Waals surface area contributed by atoms with Gasteiger partial charge in [-0.15, -0.1) is 0 Å². The number of anilines is 4. The molecule has 0 saturated carbocycles. The van der Waals surface area contributed by atoms with Crippen molar-refractivity contribution in [1.29, 1.82) is 0 Å². The fourth-order valence-electron chi connectivity index (χ4n) is 3.51. The summed E-state index contributed by atoms with van der Waals surface area (Å²) >= 11 is 0. The zero-order chi connectivity index (χ0) is 21.3. The highest BCUT2D eigenvalue weighted by atomic mass is 16.1. The van der Waals surface area contributed by atoms with Crippen molar-refractivity contribution >= 4 is 29.0 Å². The van der Waals surface area contributed by atoms with Gasteiger partial charge in [0, 0.05) is 46.3 Å². The van der Waals surface area contributed by atoms with Crippen molar-refractivity contribution in [2.24, 2.45) is 0 Å². The molecule has 162 valence electrons. The van der Waals surface area contributed by atoms with E-state index in [-0.39, 0.29) is 5.91 Å². The van der Waals surface area contributed by atoms with E-state index in [0.29, 0.717) is 19.0 Å². The number of hydrogen-bond acceptors (Lipinski definition) is 7. The maximum atomic E-state index is 11.0. The monoisotopic (exact) mass is 411 g/mol. The quantitative estimate of drug-likeness (QED) is 0.547. The molecule has 1 aromatic carbocycles. The Hall–Kier alpha value is -2.87. The molecule has 1 saturated heterocycles. The van der Waals surface area contributed by atoms with Crippen molar-refractivity contribution in [3.8, 4) is 0 Å². The van der Waals surface area contributed by atoms with Gasteiger partial charge in [-0.05, 0) is 43.6 Å². The van der Waals surface area contributed by atoms with Crippen molar-refractivity contribution in [2.75, 3.05) is 55.8 Å². The average Bonchev–Trinajstić information content (AvgIpc) is 2.73. The molecule has 0 bridgehead atoms. The predicted octanol–water partition coefficient (Wildman–Crippen LogP) is 2.82. The van der Waals surface area contributed by atoms with E-state index in [4.69, 9.17) is 0 Å². The summed E-state index contributed by atoms with van der Waals surface area (Å²) in [5.41, 5.74) is 3.17. The van der Waals surface area contributed by atoms with Gasteiger partial charge >= 0.3 is 0 Å². The number of likely N-dealkylation sites (tertiary alicyclic amines) is 1. The number of aromatic nitrogens is 2. The first kappa shape index (κ1) is 21.8. The van der Waals surface area contributed by atoms with Crippen LogP contribution in [0.3, 0.4) is 0 Å². The standard InChI is InChI=1S/C22H33N7O/c1-17(30)23-11-12-24-21-20(28(2)3)15-25-22(27-21)26-19-9-7-18(8-10-19)16-29-13-5-4-6-14-29/h7-10,15H,4-6,11-14,16H2,1-3H3,(H,23,30)(H2,24,25,26,27). The minimum absolute atomic E-state index is 0.0431. The molecule has 8 nitrogen and oxygen atoms in total. The van der Waals surface area contributed by atoms with E-state index in [9.17, 15) is 4.79 Å². The van der Waals surface area contributed by atoms with Crippen LogP contribution in [0.2, 0.25) is 0 Å². The molecule has 2 aromatic rings. The van der Waals surface area contributed by atoms with Crippen LogP contribution >= 0.6 is 0 Å². The molecule has 3 N–H and O–H groups in total. The van der Waals surface area contributed by atoms with Crippen LogP contribution in [0.15, 0.2) is 30.5 Å². The minimum Gasteiger partial charge on any atom is -0.373 e. The van der Waals surface area contributed by atoms with Gasteiger partial charge < -0.3 is 20.9 Å². The molecular weight excluding hydrogens is 378 g/mol. The third kappa shape index (κ3) is 6.59. The van der Waals surface area contributed by atoms with Crippen LogP contribution in [-0.4, -0.2) is 61.0 Å². The highest BCUT2D eigenvalue weighted by molar-refractivity contribution is 5.73. The number of rotatable bonds is 9. The van der Waals surface area contributed by atoms with Gasteiger partial charge in [-0.3, -0.25) is 9.69 Å². The number of carbonyl (C=O) groups is 1. The van der Waals surface area contributed by atoms with Gasteiger partial charge in [-0.2, -0.15) is 4.98 Å². The van der Waals surface area contributed by atoms with Crippen molar-refractivity contribution in [1.82, 2.24) is 20.2 Å². The summed E-state index contributed by atoms with van der Waals surface area (Å²) in [5, 5.41) is 9.34. The van der Waals surface area contributed by atoms with Crippen molar-refractivity contribution in [3.05, 3.63) is 36.0 Å². The summed E-state index contributed by atoms with van der Waals surface area (Å²) < 4.78 is 0. The van der Waals surface area contributed by atoms with Crippen LogP contribution in [0, 0.1) is 0 Å². The van der Waals surface area contributed by atoms with E-state index in [2.05, 4.69) is 55.1 Å². The zero-order valence-electron chi connectivity index (χ0n) is 18.2. The molecule has 3 rings (SSSR count). The molecule has 1 fully saturated rings. The van der Waals surface area contributed by atoms with Gasteiger partial charge in [0.05, 0.1) is 11.9 Å². The Bertz CT molecular complexity index is 817. The van der Waals surface area contributed by atoms with Gasteiger partial charge in [0.15, 0.2) is 5.82 Å². The number of nitrogens with zero attached hydrogens (tertiary/aromatic N) is 4. The topological polar surface area (TPSA) is 85.4 Å². The Balaban J connectivity index is 1.62. The molecule has 1 aromatic heterocycles. The average molecular weight is 412 g/mol. The highest BCUT2D eigenvalue weighted by Crippen LogP contribution is 2.24. The first-order valence-corrected chi connectivity index (χ1v) is 10.6. The maximum absolute atomic E-state index is 11.0. The second-order valence-electron chi connectivity index (χ2n) is 7.89. The van der Waals surface area contributed by atoms with Crippen molar-refractivity contribution < 1.29 is 4.79 Å². The fourth-order valence-corrected chi connectivity index (χ4v) is 3.51. The summed E-state index contributed by atoms with van der Waals surface area (Å²) in [4.78, 5) is 24.6. The maximum Gasteiger partial charge on any atom is 0.229 e. The normalized spacial score (nSPS) is 14.2. The highest BCUT2D eigenvalue weighted by Gasteiger charge is 2.11. The summed E-state index contributed by atoms with van der Waals surface area (Å²) in [5.74, 6) is 1.22. The lowest BCUT2D eigenvalue weighted by molar-refractivity contribution is -0.118. The molecule has 0 spiro atoms. The third-order valence-corrected chi connectivity index (χ3v) is 5.11.